The molecular formula is C22H26BrClN2O4. The summed E-state index contributed by atoms with van der Waals surface area (Å²) in [5.74, 6) is 0.260. The van der Waals surface area contributed by atoms with E-state index < -0.39 is 17.9 Å². The Kier molecular flexibility index (Phi) is 9.97. The van der Waals surface area contributed by atoms with Gasteiger partial charge in [-0.1, -0.05) is 37.8 Å². The van der Waals surface area contributed by atoms with Crippen LogP contribution in [-0.2, 0) is 4.79 Å². The van der Waals surface area contributed by atoms with Gasteiger partial charge in [-0.05, 0) is 71.7 Å². The predicted molar refractivity (Wildman–Crippen MR) is 121 cm³/mol. The van der Waals surface area contributed by atoms with Crippen LogP contribution in [-0.4, -0.2) is 24.5 Å². The highest BCUT2D eigenvalue weighted by molar-refractivity contribution is 9.10. The number of ether oxygens (including phenoxy) is 2. The van der Waals surface area contributed by atoms with Gasteiger partial charge >= 0.3 is 0 Å². The highest BCUT2D eigenvalue weighted by atomic mass is 79.9. The maximum absolute atomic E-state index is 12.2. The van der Waals surface area contributed by atoms with Gasteiger partial charge in [-0.2, -0.15) is 0 Å². The molecule has 2 aromatic carbocycles. The Balaban J connectivity index is 1.77. The Morgan fingerprint density at radius 2 is 1.80 bits per heavy atom. The molecule has 0 fully saturated rings. The van der Waals surface area contributed by atoms with Crippen molar-refractivity contribution >= 4 is 39.3 Å². The van der Waals surface area contributed by atoms with E-state index in [0.29, 0.717) is 33.2 Å². The van der Waals surface area contributed by atoms with E-state index in [1.807, 2.05) is 0 Å². The minimum Gasteiger partial charge on any atom is -0.494 e. The number of unbranched alkanes of at least 4 members (excludes halogenated alkanes) is 3. The fourth-order valence-electron chi connectivity index (χ4n) is 2.53. The molecule has 2 amide bonds. The van der Waals surface area contributed by atoms with Gasteiger partial charge in [0.25, 0.3) is 11.8 Å². The molecule has 0 saturated carbocycles. The monoisotopic (exact) mass is 496 g/mol. The van der Waals surface area contributed by atoms with Crippen LogP contribution >= 0.6 is 27.5 Å². The van der Waals surface area contributed by atoms with Crippen LogP contribution < -0.4 is 20.3 Å². The topological polar surface area (TPSA) is 76.7 Å². The number of rotatable bonds is 10. The molecule has 0 heterocycles. The van der Waals surface area contributed by atoms with Crippen molar-refractivity contribution in [1.82, 2.24) is 10.9 Å². The van der Waals surface area contributed by atoms with E-state index in [2.05, 4.69) is 33.7 Å². The summed E-state index contributed by atoms with van der Waals surface area (Å²) in [4.78, 5) is 24.4. The maximum Gasteiger partial charge on any atom is 0.279 e. The first-order valence-corrected chi connectivity index (χ1v) is 11.0. The summed E-state index contributed by atoms with van der Waals surface area (Å²) in [5.41, 5.74) is 5.15. The average molecular weight is 498 g/mol. The lowest BCUT2D eigenvalue weighted by molar-refractivity contribution is -0.128. The summed E-state index contributed by atoms with van der Waals surface area (Å²) < 4.78 is 11.9. The van der Waals surface area contributed by atoms with E-state index in [1.54, 1.807) is 49.4 Å². The van der Waals surface area contributed by atoms with Crippen molar-refractivity contribution in [2.24, 2.45) is 0 Å². The van der Waals surface area contributed by atoms with E-state index in [1.165, 1.54) is 12.8 Å². The zero-order chi connectivity index (χ0) is 21.9. The molecule has 0 spiro atoms. The van der Waals surface area contributed by atoms with Crippen LogP contribution in [0.25, 0.3) is 0 Å². The second-order valence-corrected chi connectivity index (χ2v) is 8.00. The first-order chi connectivity index (χ1) is 14.4. The molecule has 0 aliphatic heterocycles. The molecule has 0 saturated heterocycles. The lowest BCUT2D eigenvalue weighted by Crippen LogP contribution is -2.47. The number of amides is 2. The van der Waals surface area contributed by atoms with E-state index in [9.17, 15) is 9.59 Å². The molecule has 0 bridgehead atoms. The molecule has 2 N–H and O–H groups in total. The van der Waals surface area contributed by atoms with Crippen LogP contribution in [0.4, 0.5) is 0 Å². The van der Waals surface area contributed by atoms with Gasteiger partial charge in [-0.3, -0.25) is 20.4 Å². The van der Waals surface area contributed by atoms with Crippen molar-refractivity contribution in [2.45, 2.75) is 45.6 Å². The number of hydrogen-bond donors (Lipinski definition) is 2. The second-order valence-electron chi connectivity index (χ2n) is 6.71. The fraction of sp³-hybridized carbons (Fsp3) is 0.364. The number of carbonyl (C=O) groups excluding carboxylic acids is 2. The molecule has 8 heteroatoms. The highest BCUT2D eigenvalue weighted by Crippen LogP contribution is 2.28. The Morgan fingerprint density at radius 1 is 1.07 bits per heavy atom. The van der Waals surface area contributed by atoms with Gasteiger partial charge in [0.05, 0.1) is 11.1 Å². The van der Waals surface area contributed by atoms with Crippen molar-refractivity contribution in [3.63, 3.8) is 0 Å². The molecule has 0 aliphatic carbocycles. The number of halogens is 2. The van der Waals surface area contributed by atoms with E-state index in [4.69, 9.17) is 21.1 Å². The van der Waals surface area contributed by atoms with Gasteiger partial charge in [0.1, 0.15) is 11.5 Å². The lowest BCUT2D eigenvalue weighted by atomic mass is 10.2. The smallest absolute Gasteiger partial charge is 0.279 e. The minimum absolute atomic E-state index is 0.405. The molecule has 6 nitrogen and oxygen atoms in total. The Bertz CT molecular complexity index is 846. The molecule has 2 rings (SSSR count). The van der Waals surface area contributed by atoms with Crippen molar-refractivity contribution in [1.29, 1.82) is 0 Å². The first-order valence-electron chi connectivity index (χ1n) is 9.85. The molecule has 30 heavy (non-hydrogen) atoms. The number of hydrogen-bond acceptors (Lipinski definition) is 4. The molecule has 1 atom stereocenters. The Morgan fingerprint density at radius 3 is 2.47 bits per heavy atom. The van der Waals surface area contributed by atoms with E-state index in [0.717, 1.165) is 12.8 Å². The Labute approximate surface area is 190 Å². The van der Waals surface area contributed by atoms with Gasteiger partial charge in [0.2, 0.25) is 0 Å². The number of benzene rings is 2. The summed E-state index contributed by atoms with van der Waals surface area (Å²) in [6.45, 7) is 4.40. The summed E-state index contributed by atoms with van der Waals surface area (Å²) in [7, 11) is 0. The number of nitrogens with one attached hydrogen (secondary N) is 2. The summed E-state index contributed by atoms with van der Waals surface area (Å²) in [6, 6.07) is 11.7. The second kappa shape index (κ2) is 12.4. The van der Waals surface area contributed by atoms with Gasteiger partial charge in [-0.25, -0.2) is 0 Å². The van der Waals surface area contributed by atoms with Gasteiger partial charge in [-0.15, -0.1) is 0 Å². The fourth-order valence-corrected chi connectivity index (χ4v) is 3.30. The molecule has 0 radical (unpaired) electrons. The number of carbonyl (C=O) groups is 2. The third-order valence-corrected chi connectivity index (χ3v) is 5.10. The van der Waals surface area contributed by atoms with Crippen LogP contribution in [0, 0.1) is 0 Å². The SMILES string of the molecule is CCCCCCOc1ccc(C(=O)NNC(=O)C(C)Oc2ccc(Cl)cc2Br)cc1. The first kappa shape index (κ1) is 24.0. The van der Waals surface area contributed by atoms with Crippen LogP contribution in [0.2, 0.25) is 5.02 Å². The molecule has 0 aliphatic rings. The van der Waals surface area contributed by atoms with Crippen molar-refractivity contribution in [3.05, 3.63) is 57.5 Å². The molecule has 0 aromatic heterocycles. The van der Waals surface area contributed by atoms with Crippen LogP contribution in [0.5, 0.6) is 11.5 Å². The molecule has 2 aromatic rings. The maximum atomic E-state index is 12.2. The zero-order valence-corrected chi connectivity index (χ0v) is 19.4. The van der Waals surface area contributed by atoms with Crippen molar-refractivity contribution in [3.8, 4) is 11.5 Å². The highest BCUT2D eigenvalue weighted by Gasteiger charge is 2.17. The normalized spacial score (nSPS) is 11.5. The van der Waals surface area contributed by atoms with Gasteiger partial charge < -0.3 is 9.47 Å². The largest absolute Gasteiger partial charge is 0.494 e. The van der Waals surface area contributed by atoms with E-state index in [-0.39, 0.29) is 0 Å². The van der Waals surface area contributed by atoms with Crippen molar-refractivity contribution < 1.29 is 19.1 Å². The standard InChI is InChI=1S/C22H26BrClN2O4/c1-3-4-5-6-13-29-18-10-7-16(8-11-18)22(28)26-25-21(27)15(2)30-20-12-9-17(24)14-19(20)23/h7-12,14-15H,3-6,13H2,1-2H3,(H,25,27)(H,26,28). The zero-order valence-electron chi connectivity index (χ0n) is 17.0. The molecular weight excluding hydrogens is 472 g/mol. The predicted octanol–water partition coefficient (Wildman–Crippen LogP) is 5.29. The quantitative estimate of drug-likeness (QED) is 0.345. The molecule has 162 valence electrons. The lowest BCUT2D eigenvalue weighted by Gasteiger charge is -2.16. The third-order valence-electron chi connectivity index (χ3n) is 4.25. The van der Waals surface area contributed by atoms with Crippen molar-refractivity contribution in [2.75, 3.05) is 6.61 Å². The summed E-state index contributed by atoms with van der Waals surface area (Å²) in [6.07, 6.45) is 3.72. The van der Waals surface area contributed by atoms with Crippen LogP contribution in [0.3, 0.4) is 0 Å². The molecule has 1 unspecified atom stereocenters. The average Bonchev–Trinajstić information content (AvgIpc) is 2.74. The Hall–Kier alpha value is -2.25. The van der Waals surface area contributed by atoms with Crippen LogP contribution in [0.15, 0.2) is 46.9 Å². The third kappa shape index (κ3) is 7.88. The number of hydrazine groups is 1. The van der Waals surface area contributed by atoms with Gasteiger partial charge in [0, 0.05) is 10.6 Å². The summed E-state index contributed by atoms with van der Waals surface area (Å²) in [5, 5.41) is 0.548. The summed E-state index contributed by atoms with van der Waals surface area (Å²) >= 11 is 9.22. The minimum atomic E-state index is -0.828. The van der Waals surface area contributed by atoms with E-state index >= 15 is 0 Å². The van der Waals surface area contributed by atoms with Gasteiger partial charge in [0.15, 0.2) is 6.10 Å². The van der Waals surface area contributed by atoms with Crippen LogP contribution in [0.1, 0.15) is 49.9 Å².